The predicted octanol–water partition coefficient (Wildman–Crippen LogP) is 1.97. The van der Waals surface area contributed by atoms with E-state index < -0.39 is 17.9 Å². The van der Waals surface area contributed by atoms with Gasteiger partial charge in [-0.1, -0.05) is 5.16 Å². The van der Waals surface area contributed by atoms with Crippen LogP contribution in [-0.4, -0.2) is 36.9 Å². The van der Waals surface area contributed by atoms with Gasteiger partial charge in [-0.2, -0.15) is 5.10 Å². The number of nitrogens with zero attached hydrogens (tertiary/aromatic N) is 4. The molecule has 0 saturated carbocycles. The van der Waals surface area contributed by atoms with Crippen LogP contribution in [0.4, 0.5) is 0 Å². The zero-order valence-corrected chi connectivity index (χ0v) is 14.4. The van der Waals surface area contributed by atoms with Crippen LogP contribution < -0.4 is 5.32 Å². The number of carbonyl (C=O) groups is 2. The summed E-state index contributed by atoms with van der Waals surface area (Å²) >= 11 is 0. The molecule has 3 aromatic heterocycles. The Morgan fingerprint density at radius 3 is 2.73 bits per heavy atom. The lowest BCUT2D eigenvalue weighted by molar-refractivity contribution is 0.0692. The number of hydrogen-bond acceptors (Lipinski definition) is 6. The van der Waals surface area contributed by atoms with E-state index in [-0.39, 0.29) is 22.7 Å². The molecule has 9 nitrogen and oxygen atoms in total. The van der Waals surface area contributed by atoms with Crippen molar-refractivity contribution in [1.82, 2.24) is 25.2 Å². The van der Waals surface area contributed by atoms with Crippen LogP contribution in [0.25, 0.3) is 11.3 Å². The van der Waals surface area contributed by atoms with Gasteiger partial charge in [0.2, 0.25) is 0 Å². The lowest BCUT2D eigenvalue weighted by atomic mass is 10.0. The standard InChI is InChI=1S/C17H17N5O4/c1-9-7-12(20-22(9)3)16(23)19-10(2)15-13(17(24)25)14(21-26-15)11-5-4-6-18-8-11/h4-8,10H,1-3H3,(H,19,23)(H,24,25)/t10-/m1/s1. The molecule has 0 saturated heterocycles. The maximum Gasteiger partial charge on any atom is 0.341 e. The van der Waals surface area contributed by atoms with Gasteiger partial charge in [0.05, 0.1) is 6.04 Å². The van der Waals surface area contributed by atoms with E-state index in [4.69, 9.17) is 4.52 Å². The number of amides is 1. The minimum atomic E-state index is -1.20. The topological polar surface area (TPSA) is 123 Å². The van der Waals surface area contributed by atoms with Crippen LogP contribution in [0.1, 0.15) is 45.3 Å². The van der Waals surface area contributed by atoms with E-state index >= 15 is 0 Å². The van der Waals surface area contributed by atoms with E-state index in [1.807, 2.05) is 6.92 Å². The number of carboxylic acid groups (broad SMARTS) is 1. The summed E-state index contributed by atoms with van der Waals surface area (Å²) in [5.41, 5.74) is 1.63. The fourth-order valence-electron chi connectivity index (χ4n) is 2.51. The Labute approximate surface area is 148 Å². The number of carboxylic acids is 1. The summed E-state index contributed by atoms with van der Waals surface area (Å²) in [4.78, 5) is 28.0. The molecule has 0 aliphatic carbocycles. The summed E-state index contributed by atoms with van der Waals surface area (Å²) in [5.74, 6) is -1.58. The Kier molecular flexibility index (Phi) is 4.53. The number of aromatic carboxylic acids is 1. The maximum absolute atomic E-state index is 12.3. The van der Waals surface area contributed by atoms with Crippen LogP contribution in [0.2, 0.25) is 0 Å². The number of carbonyl (C=O) groups excluding carboxylic acids is 1. The van der Waals surface area contributed by atoms with E-state index in [9.17, 15) is 14.7 Å². The van der Waals surface area contributed by atoms with Gasteiger partial charge in [-0.15, -0.1) is 0 Å². The van der Waals surface area contributed by atoms with Crippen LogP contribution in [0.5, 0.6) is 0 Å². The third-order valence-electron chi connectivity index (χ3n) is 3.95. The van der Waals surface area contributed by atoms with Gasteiger partial charge in [0.15, 0.2) is 5.76 Å². The molecule has 0 radical (unpaired) electrons. The number of nitrogens with one attached hydrogen (secondary N) is 1. The summed E-state index contributed by atoms with van der Waals surface area (Å²) in [7, 11) is 1.73. The fraction of sp³-hybridized carbons (Fsp3) is 0.235. The molecule has 9 heteroatoms. The van der Waals surface area contributed by atoms with Crippen LogP contribution in [0.15, 0.2) is 35.1 Å². The second kappa shape index (κ2) is 6.79. The molecule has 0 spiro atoms. The molecule has 26 heavy (non-hydrogen) atoms. The molecule has 3 aromatic rings. The van der Waals surface area contributed by atoms with E-state index in [0.717, 1.165) is 5.69 Å². The molecule has 134 valence electrons. The summed E-state index contributed by atoms with van der Waals surface area (Å²) in [6.45, 7) is 3.44. The molecule has 0 unspecified atom stereocenters. The first-order chi connectivity index (χ1) is 12.4. The zero-order valence-electron chi connectivity index (χ0n) is 14.4. The molecule has 3 rings (SSSR count). The third-order valence-corrected chi connectivity index (χ3v) is 3.95. The highest BCUT2D eigenvalue weighted by Gasteiger charge is 2.28. The van der Waals surface area contributed by atoms with Crippen molar-refractivity contribution in [3.63, 3.8) is 0 Å². The van der Waals surface area contributed by atoms with Gasteiger partial charge in [0, 0.05) is 30.7 Å². The predicted molar refractivity (Wildman–Crippen MR) is 90.5 cm³/mol. The molecule has 2 N–H and O–H groups in total. The van der Waals surface area contributed by atoms with Crippen molar-refractivity contribution < 1.29 is 19.2 Å². The Balaban J connectivity index is 1.90. The summed E-state index contributed by atoms with van der Waals surface area (Å²) in [6.07, 6.45) is 3.07. The molecular weight excluding hydrogens is 338 g/mol. The first-order valence-electron chi connectivity index (χ1n) is 7.83. The number of aryl methyl sites for hydroxylation is 2. The van der Waals surface area contributed by atoms with Crippen LogP contribution in [0, 0.1) is 6.92 Å². The van der Waals surface area contributed by atoms with Crippen LogP contribution in [0.3, 0.4) is 0 Å². The maximum atomic E-state index is 12.3. The van der Waals surface area contributed by atoms with Gasteiger partial charge in [0.1, 0.15) is 17.0 Å². The van der Waals surface area contributed by atoms with Crippen LogP contribution in [-0.2, 0) is 7.05 Å². The lowest BCUT2D eigenvalue weighted by Gasteiger charge is -2.10. The van der Waals surface area contributed by atoms with E-state index in [2.05, 4.69) is 20.6 Å². The van der Waals surface area contributed by atoms with Crippen molar-refractivity contribution in [3.05, 3.63) is 53.3 Å². The minimum Gasteiger partial charge on any atom is -0.477 e. The zero-order chi connectivity index (χ0) is 18.8. The smallest absolute Gasteiger partial charge is 0.341 e. The number of rotatable bonds is 5. The van der Waals surface area contributed by atoms with Gasteiger partial charge in [0.25, 0.3) is 5.91 Å². The quantitative estimate of drug-likeness (QED) is 0.717. The molecule has 0 fully saturated rings. The first-order valence-corrected chi connectivity index (χ1v) is 7.83. The van der Waals surface area contributed by atoms with Gasteiger partial charge in [-0.25, -0.2) is 4.79 Å². The highest BCUT2D eigenvalue weighted by Crippen LogP contribution is 2.28. The molecule has 3 heterocycles. The number of hydrogen-bond donors (Lipinski definition) is 2. The monoisotopic (exact) mass is 355 g/mol. The number of pyridine rings is 1. The SMILES string of the molecule is Cc1cc(C(=O)N[C@H](C)c2onc(-c3cccnc3)c2C(=O)O)nn1C. The summed E-state index contributed by atoms with van der Waals surface area (Å²) < 4.78 is 6.82. The summed E-state index contributed by atoms with van der Waals surface area (Å²) in [6, 6.07) is 4.28. The van der Waals surface area contributed by atoms with E-state index in [0.29, 0.717) is 5.56 Å². The molecule has 1 atom stereocenters. The Morgan fingerprint density at radius 2 is 2.15 bits per heavy atom. The Morgan fingerprint density at radius 1 is 1.38 bits per heavy atom. The normalized spacial score (nSPS) is 12.0. The van der Waals surface area contributed by atoms with Crippen molar-refractivity contribution in [1.29, 1.82) is 0 Å². The summed E-state index contributed by atoms with van der Waals surface area (Å²) in [5, 5.41) is 20.2. The third kappa shape index (κ3) is 3.18. The van der Waals surface area contributed by atoms with Crippen molar-refractivity contribution in [3.8, 4) is 11.3 Å². The van der Waals surface area contributed by atoms with Crippen molar-refractivity contribution in [2.75, 3.05) is 0 Å². The van der Waals surface area contributed by atoms with Crippen LogP contribution >= 0.6 is 0 Å². The second-order valence-electron chi connectivity index (χ2n) is 5.81. The van der Waals surface area contributed by atoms with Gasteiger partial charge < -0.3 is 14.9 Å². The van der Waals surface area contributed by atoms with E-state index in [1.165, 1.54) is 6.20 Å². The highest BCUT2D eigenvalue weighted by molar-refractivity contribution is 5.96. The Hall–Kier alpha value is -3.49. The first kappa shape index (κ1) is 17.3. The van der Waals surface area contributed by atoms with E-state index in [1.54, 1.807) is 43.0 Å². The number of aromatic nitrogens is 4. The largest absolute Gasteiger partial charge is 0.477 e. The minimum absolute atomic E-state index is 0.0531. The van der Waals surface area contributed by atoms with Crippen molar-refractivity contribution in [2.45, 2.75) is 19.9 Å². The molecule has 0 bridgehead atoms. The average Bonchev–Trinajstić information content (AvgIpc) is 3.20. The van der Waals surface area contributed by atoms with Gasteiger partial charge in [-0.05, 0) is 32.0 Å². The average molecular weight is 355 g/mol. The van der Waals surface area contributed by atoms with Crippen molar-refractivity contribution in [2.24, 2.45) is 7.05 Å². The fourth-order valence-corrected chi connectivity index (χ4v) is 2.51. The Bertz CT molecular complexity index is 941. The molecule has 1 amide bonds. The molecule has 0 aliphatic rings. The van der Waals surface area contributed by atoms with Gasteiger partial charge >= 0.3 is 5.97 Å². The molecule has 0 aliphatic heterocycles. The molecule has 0 aromatic carbocycles. The molecular formula is C17H17N5O4. The van der Waals surface area contributed by atoms with Crippen molar-refractivity contribution >= 4 is 11.9 Å². The lowest BCUT2D eigenvalue weighted by Crippen LogP contribution is -2.28. The second-order valence-corrected chi connectivity index (χ2v) is 5.81. The highest BCUT2D eigenvalue weighted by atomic mass is 16.5. The van der Waals surface area contributed by atoms with Gasteiger partial charge in [-0.3, -0.25) is 14.5 Å².